The molecule has 0 spiro atoms. The third-order valence-corrected chi connectivity index (χ3v) is 4.30. The highest BCUT2D eigenvalue weighted by atomic mass is 35.5. The minimum absolute atomic E-state index is 0.0700. The third-order valence-electron chi connectivity index (χ3n) is 2.76. The van der Waals surface area contributed by atoms with Crippen LogP contribution < -0.4 is 5.32 Å². The number of hydrogen-bond acceptors (Lipinski definition) is 3. The summed E-state index contributed by atoms with van der Waals surface area (Å²) in [4.78, 5) is 0. The molecule has 0 saturated heterocycles. The van der Waals surface area contributed by atoms with E-state index in [9.17, 15) is 8.42 Å². The smallest absolute Gasteiger partial charge is 0.147 e. The van der Waals surface area contributed by atoms with Gasteiger partial charge in [0.2, 0.25) is 0 Å². The van der Waals surface area contributed by atoms with E-state index in [1.165, 1.54) is 6.26 Å². The molecule has 0 amide bonds. The Bertz CT molecular complexity index is 517. The van der Waals surface area contributed by atoms with Gasteiger partial charge in [0.15, 0.2) is 0 Å². The summed E-state index contributed by atoms with van der Waals surface area (Å²) in [5, 5.41) is 4.47. The van der Waals surface area contributed by atoms with Crippen LogP contribution in [0.25, 0.3) is 0 Å². The molecule has 1 aromatic carbocycles. The highest BCUT2D eigenvalue weighted by molar-refractivity contribution is 7.90. The van der Waals surface area contributed by atoms with E-state index in [2.05, 4.69) is 12.2 Å². The molecule has 0 radical (unpaired) electrons. The Balaban J connectivity index is 2.88. The Morgan fingerprint density at radius 3 is 2.53 bits per heavy atom. The van der Waals surface area contributed by atoms with E-state index in [1.54, 1.807) is 12.1 Å². The SMILES string of the molecule is CCCNC(CCS(C)(=O)=O)c1ccc(Cl)cc1Cl. The van der Waals surface area contributed by atoms with Crippen molar-refractivity contribution in [3.63, 3.8) is 0 Å². The van der Waals surface area contributed by atoms with Crippen LogP contribution in [0.15, 0.2) is 18.2 Å². The van der Waals surface area contributed by atoms with Crippen molar-refractivity contribution >= 4 is 33.0 Å². The zero-order valence-electron chi connectivity index (χ0n) is 11.1. The van der Waals surface area contributed by atoms with Crippen LogP contribution in [0.3, 0.4) is 0 Å². The molecule has 0 aromatic heterocycles. The maximum atomic E-state index is 11.3. The zero-order valence-corrected chi connectivity index (χ0v) is 13.4. The summed E-state index contributed by atoms with van der Waals surface area (Å²) in [5.41, 5.74) is 0.892. The molecule has 6 heteroatoms. The Hall–Kier alpha value is -0.290. The standard InChI is InChI=1S/C13H19Cl2NO2S/c1-3-7-16-13(6-8-19(2,17)18)11-5-4-10(14)9-12(11)15/h4-5,9,13,16H,3,6-8H2,1-2H3. The van der Waals surface area contributed by atoms with Gasteiger partial charge < -0.3 is 5.32 Å². The van der Waals surface area contributed by atoms with Crippen LogP contribution in [0, 0.1) is 0 Å². The summed E-state index contributed by atoms with van der Waals surface area (Å²) in [6.07, 6.45) is 2.72. The van der Waals surface area contributed by atoms with E-state index in [0.29, 0.717) is 16.5 Å². The maximum Gasteiger partial charge on any atom is 0.147 e. The molecular weight excluding hydrogens is 305 g/mol. The first kappa shape index (κ1) is 16.8. The number of hydrogen-bond donors (Lipinski definition) is 1. The summed E-state index contributed by atoms with van der Waals surface area (Å²) in [5.74, 6) is 0.132. The van der Waals surface area contributed by atoms with Crippen LogP contribution >= 0.6 is 23.2 Å². The predicted octanol–water partition coefficient (Wildman–Crippen LogP) is 3.47. The van der Waals surface area contributed by atoms with Gasteiger partial charge in [0.1, 0.15) is 9.84 Å². The average molecular weight is 324 g/mol. The first-order valence-corrected chi connectivity index (χ1v) is 9.01. The minimum atomic E-state index is -2.98. The molecule has 19 heavy (non-hydrogen) atoms. The molecule has 0 bridgehead atoms. The molecule has 0 heterocycles. The second-order valence-electron chi connectivity index (χ2n) is 4.59. The summed E-state index contributed by atoms with van der Waals surface area (Å²) < 4.78 is 22.6. The fourth-order valence-electron chi connectivity index (χ4n) is 1.80. The zero-order chi connectivity index (χ0) is 14.5. The van der Waals surface area contributed by atoms with Gasteiger partial charge in [-0.2, -0.15) is 0 Å². The van der Waals surface area contributed by atoms with Gasteiger partial charge in [0, 0.05) is 22.3 Å². The van der Waals surface area contributed by atoms with Gasteiger partial charge in [0.25, 0.3) is 0 Å². The van der Waals surface area contributed by atoms with Gasteiger partial charge >= 0.3 is 0 Å². The molecule has 1 N–H and O–H groups in total. The Labute approximate surface area is 125 Å². The molecule has 0 saturated carbocycles. The van der Waals surface area contributed by atoms with Crippen molar-refractivity contribution in [2.75, 3.05) is 18.6 Å². The molecule has 0 fully saturated rings. The molecule has 108 valence electrons. The predicted molar refractivity (Wildman–Crippen MR) is 81.8 cm³/mol. The number of benzene rings is 1. The van der Waals surface area contributed by atoms with E-state index < -0.39 is 9.84 Å². The normalized spacial score (nSPS) is 13.5. The minimum Gasteiger partial charge on any atom is -0.310 e. The van der Waals surface area contributed by atoms with Crippen molar-refractivity contribution in [3.8, 4) is 0 Å². The van der Waals surface area contributed by atoms with Gasteiger partial charge in [-0.3, -0.25) is 0 Å². The summed E-state index contributed by atoms with van der Waals surface area (Å²) in [6.45, 7) is 2.87. The lowest BCUT2D eigenvalue weighted by Crippen LogP contribution is -2.24. The maximum absolute atomic E-state index is 11.3. The van der Waals surface area contributed by atoms with Gasteiger partial charge in [-0.1, -0.05) is 36.2 Å². The molecule has 0 aliphatic heterocycles. The third kappa shape index (κ3) is 6.13. The number of nitrogens with one attached hydrogen (secondary N) is 1. The van der Waals surface area contributed by atoms with Crippen LogP contribution in [0.1, 0.15) is 31.4 Å². The second-order valence-corrected chi connectivity index (χ2v) is 7.69. The first-order valence-electron chi connectivity index (χ1n) is 6.19. The lowest BCUT2D eigenvalue weighted by atomic mass is 10.0. The quantitative estimate of drug-likeness (QED) is 0.835. The average Bonchev–Trinajstić information content (AvgIpc) is 2.29. The van der Waals surface area contributed by atoms with E-state index in [4.69, 9.17) is 23.2 Å². The highest BCUT2D eigenvalue weighted by Crippen LogP contribution is 2.28. The fraction of sp³-hybridized carbons (Fsp3) is 0.538. The van der Waals surface area contributed by atoms with Gasteiger partial charge in [-0.25, -0.2) is 8.42 Å². The lowest BCUT2D eigenvalue weighted by Gasteiger charge is -2.20. The fourth-order valence-corrected chi connectivity index (χ4v) is 3.01. The van der Waals surface area contributed by atoms with Crippen molar-refractivity contribution in [3.05, 3.63) is 33.8 Å². The van der Waals surface area contributed by atoms with Crippen LogP contribution in [-0.2, 0) is 9.84 Å². The molecule has 1 unspecified atom stereocenters. The first-order chi connectivity index (χ1) is 8.83. The molecule has 1 rings (SSSR count). The summed E-state index contributed by atoms with van der Waals surface area (Å²) in [6, 6.07) is 5.23. The monoisotopic (exact) mass is 323 g/mol. The van der Waals surface area contributed by atoms with Crippen molar-refractivity contribution in [1.29, 1.82) is 0 Å². The Morgan fingerprint density at radius 1 is 1.32 bits per heavy atom. The van der Waals surface area contributed by atoms with Crippen LogP contribution in [0.4, 0.5) is 0 Å². The Morgan fingerprint density at radius 2 is 2.00 bits per heavy atom. The van der Waals surface area contributed by atoms with Crippen molar-refractivity contribution < 1.29 is 8.42 Å². The van der Waals surface area contributed by atoms with E-state index in [1.807, 2.05) is 6.07 Å². The molecule has 1 atom stereocenters. The van der Waals surface area contributed by atoms with Gasteiger partial charge in [-0.15, -0.1) is 0 Å². The molecular formula is C13H19Cl2NO2S. The number of sulfone groups is 1. The van der Waals surface area contributed by atoms with Crippen molar-refractivity contribution in [1.82, 2.24) is 5.32 Å². The van der Waals surface area contributed by atoms with E-state index in [-0.39, 0.29) is 11.8 Å². The molecule has 0 aliphatic carbocycles. The van der Waals surface area contributed by atoms with Crippen LogP contribution in [0.5, 0.6) is 0 Å². The second kappa shape index (κ2) is 7.48. The van der Waals surface area contributed by atoms with Gasteiger partial charge in [0.05, 0.1) is 5.75 Å². The van der Waals surface area contributed by atoms with E-state index >= 15 is 0 Å². The number of rotatable bonds is 7. The number of halogens is 2. The molecule has 3 nitrogen and oxygen atoms in total. The lowest BCUT2D eigenvalue weighted by molar-refractivity contribution is 0.514. The van der Waals surface area contributed by atoms with Crippen LogP contribution in [-0.4, -0.2) is 27.0 Å². The highest BCUT2D eigenvalue weighted by Gasteiger charge is 2.16. The van der Waals surface area contributed by atoms with E-state index in [0.717, 1.165) is 18.5 Å². The summed E-state index contributed by atoms with van der Waals surface area (Å²) in [7, 11) is -2.98. The molecule has 0 aliphatic rings. The molecule has 1 aromatic rings. The van der Waals surface area contributed by atoms with Gasteiger partial charge in [-0.05, 0) is 37.1 Å². The summed E-state index contributed by atoms with van der Waals surface area (Å²) >= 11 is 12.1. The Kier molecular flexibility index (Phi) is 6.60. The largest absolute Gasteiger partial charge is 0.310 e. The van der Waals surface area contributed by atoms with Crippen molar-refractivity contribution in [2.45, 2.75) is 25.8 Å². The van der Waals surface area contributed by atoms with Crippen molar-refractivity contribution in [2.24, 2.45) is 0 Å². The topological polar surface area (TPSA) is 46.2 Å². The van der Waals surface area contributed by atoms with Crippen LogP contribution in [0.2, 0.25) is 10.0 Å².